The summed E-state index contributed by atoms with van der Waals surface area (Å²) < 4.78 is 12.0. The van der Waals surface area contributed by atoms with Crippen LogP contribution in [-0.4, -0.2) is 23.4 Å². The Hall–Kier alpha value is -0.770. The van der Waals surface area contributed by atoms with Crippen LogP contribution in [0.4, 0.5) is 0 Å². The minimum Gasteiger partial charge on any atom is -0.489 e. The average molecular weight is 311 g/mol. The summed E-state index contributed by atoms with van der Waals surface area (Å²) in [5.74, 6) is 0.664. The highest BCUT2D eigenvalue weighted by Crippen LogP contribution is 2.43. The summed E-state index contributed by atoms with van der Waals surface area (Å²) in [4.78, 5) is 0. The van der Waals surface area contributed by atoms with Crippen molar-refractivity contribution in [1.82, 2.24) is 0 Å². The molecule has 1 saturated heterocycles. The minimum absolute atomic E-state index is 0.147. The van der Waals surface area contributed by atoms with E-state index >= 15 is 0 Å². The van der Waals surface area contributed by atoms with Crippen LogP contribution in [0.15, 0.2) is 18.2 Å². The molecule has 2 aliphatic rings. The predicted molar refractivity (Wildman–Crippen MR) is 82.9 cm³/mol. The van der Waals surface area contributed by atoms with Crippen molar-refractivity contribution >= 4 is 11.6 Å². The van der Waals surface area contributed by atoms with Crippen LogP contribution in [-0.2, 0) is 4.74 Å². The smallest absolute Gasteiger partial charge is 0.138 e. The number of hydrogen-bond acceptors (Lipinski definition) is 3. The molecule has 0 radical (unpaired) electrons. The molecule has 4 heteroatoms. The van der Waals surface area contributed by atoms with Gasteiger partial charge in [-0.05, 0) is 50.3 Å². The second-order valence-electron chi connectivity index (χ2n) is 6.35. The Morgan fingerprint density at radius 3 is 2.81 bits per heavy atom. The SMILES string of the molecule is C[C@H](O)c1ccc(OCC2CCC3(CCCC3)O2)c(Cl)c1. The van der Waals surface area contributed by atoms with Gasteiger partial charge < -0.3 is 14.6 Å². The van der Waals surface area contributed by atoms with Crippen molar-refractivity contribution in [1.29, 1.82) is 0 Å². The lowest BCUT2D eigenvalue weighted by Crippen LogP contribution is -2.27. The highest BCUT2D eigenvalue weighted by atomic mass is 35.5. The van der Waals surface area contributed by atoms with Crippen LogP contribution in [0.5, 0.6) is 5.75 Å². The Morgan fingerprint density at radius 2 is 2.14 bits per heavy atom. The van der Waals surface area contributed by atoms with Crippen LogP contribution < -0.4 is 4.74 Å². The number of halogens is 1. The van der Waals surface area contributed by atoms with Crippen LogP contribution >= 0.6 is 11.6 Å². The van der Waals surface area contributed by atoms with Crippen molar-refractivity contribution in [2.75, 3.05) is 6.61 Å². The highest BCUT2D eigenvalue weighted by molar-refractivity contribution is 6.32. The predicted octanol–water partition coefficient (Wildman–Crippen LogP) is 4.26. The van der Waals surface area contributed by atoms with Gasteiger partial charge in [-0.3, -0.25) is 0 Å². The zero-order chi connectivity index (χ0) is 14.9. The van der Waals surface area contributed by atoms with E-state index in [1.54, 1.807) is 13.0 Å². The standard InChI is InChI=1S/C17H23ClO3/c1-12(19)13-4-5-16(15(18)10-13)20-11-14-6-9-17(21-14)7-2-3-8-17/h4-5,10,12,14,19H,2-3,6-9,11H2,1H3/t12-,14?/m0/s1. The Kier molecular flexibility index (Phi) is 4.43. The van der Waals surface area contributed by atoms with Crippen molar-refractivity contribution in [3.63, 3.8) is 0 Å². The molecule has 0 bridgehead atoms. The highest BCUT2D eigenvalue weighted by Gasteiger charge is 2.42. The summed E-state index contributed by atoms with van der Waals surface area (Å²) in [6.07, 6.45) is 6.88. The maximum atomic E-state index is 9.54. The lowest BCUT2D eigenvalue weighted by molar-refractivity contribution is -0.0508. The van der Waals surface area contributed by atoms with E-state index in [0.29, 0.717) is 17.4 Å². The maximum absolute atomic E-state index is 9.54. The van der Waals surface area contributed by atoms with Crippen molar-refractivity contribution in [2.45, 2.75) is 63.3 Å². The van der Waals surface area contributed by atoms with Crippen molar-refractivity contribution in [3.05, 3.63) is 28.8 Å². The van der Waals surface area contributed by atoms with E-state index in [9.17, 15) is 5.11 Å². The molecule has 1 aromatic carbocycles. The Bertz CT molecular complexity index is 495. The van der Waals surface area contributed by atoms with Crippen molar-refractivity contribution in [2.24, 2.45) is 0 Å². The summed E-state index contributed by atoms with van der Waals surface area (Å²) in [7, 11) is 0. The molecule has 1 aliphatic carbocycles. The molecule has 1 unspecified atom stereocenters. The zero-order valence-electron chi connectivity index (χ0n) is 12.5. The summed E-state index contributed by atoms with van der Waals surface area (Å²) >= 11 is 6.20. The van der Waals surface area contributed by atoms with Gasteiger partial charge in [0.1, 0.15) is 12.4 Å². The maximum Gasteiger partial charge on any atom is 0.138 e. The fraction of sp³-hybridized carbons (Fsp3) is 0.647. The van der Waals surface area contributed by atoms with Gasteiger partial charge in [0.2, 0.25) is 0 Å². The molecule has 2 atom stereocenters. The number of hydrogen-bond donors (Lipinski definition) is 1. The van der Waals surface area contributed by atoms with Gasteiger partial charge in [0.25, 0.3) is 0 Å². The largest absolute Gasteiger partial charge is 0.489 e. The molecule has 1 aliphatic heterocycles. The quantitative estimate of drug-likeness (QED) is 0.903. The van der Waals surface area contributed by atoms with Gasteiger partial charge in [0.15, 0.2) is 0 Å². The second kappa shape index (κ2) is 6.15. The lowest BCUT2D eigenvalue weighted by Gasteiger charge is -2.24. The topological polar surface area (TPSA) is 38.7 Å². The van der Waals surface area contributed by atoms with Crippen molar-refractivity contribution in [3.8, 4) is 5.75 Å². The van der Waals surface area contributed by atoms with E-state index in [-0.39, 0.29) is 11.7 Å². The molecule has 2 fully saturated rings. The second-order valence-corrected chi connectivity index (χ2v) is 6.75. The number of benzene rings is 1. The molecular weight excluding hydrogens is 288 g/mol. The normalized spacial score (nSPS) is 25.4. The third kappa shape index (κ3) is 3.36. The minimum atomic E-state index is -0.517. The monoisotopic (exact) mass is 310 g/mol. The lowest BCUT2D eigenvalue weighted by atomic mass is 9.98. The average Bonchev–Trinajstić information content (AvgIpc) is 3.08. The molecule has 116 valence electrons. The fourth-order valence-electron chi connectivity index (χ4n) is 3.48. The Labute approximate surface area is 131 Å². The molecule has 21 heavy (non-hydrogen) atoms. The van der Waals surface area contributed by atoms with Crippen LogP contribution in [0.25, 0.3) is 0 Å². The first-order chi connectivity index (χ1) is 10.1. The van der Waals surface area contributed by atoms with Crippen molar-refractivity contribution < 1.29 is 14.6 Å². The molecule has 1 spiro atoms. The Morgan fingerprint density at radius 1 is 1.38 bits per heavy atom. The van der Waals surface area contributed by atoms with Gasteiger partial charge in [-0.2, -0.15) is 0 Å². The first kappa shape index (κ1) is 15.1. The van der Waals surface area contributed by atoms with Gasteiger partial charge in [0.05, 0.1) is 22.8 Å². The number of aliphatic hydroxyl groups is 1. The first-order valence-electron chi connectivity index (χ1n) is 7.86. The van der Waals surface area contributed by atoms with Crippen LogP contribution in [0.3, 0.4) is 0 Å². The third-order valence-electron chi connectivity index (χ3n) is 4.72. The van der Waals surface area contributed by atoms with E-state index < -0.39 is 6.10 Å². The van der Waals surface area contributed by atoms with E-state index in [2.05, 4.69) is 0 Å². The molecule has 3 rings (SSSR count). The molecule has 3 nitrogen and oxygen atoms in total. The molecule has 1 saturated carbocycles. The summed E-state index contributed by atoms with van der Waals surface area (Å²) in [5.41, 5.74) is 0.947. The molecule has 1 aromatic rings. The van der Waals surface area contributed by atoms with Gasteiger partial charge in [-0.1, -0.05) is 30.5 Å². The Balaban J connectivity index is 1.56. The van der Waals surface area contributed by atoms with Crippen LogP contribution in [0.1, 0.15) is 57.1 Å². The van der Waals surface area contributed by atoms with Crippen LogP contribution in [0, 0.1) is 0 Å². The molecule has 1 heterocycles. The van der Waals surface area contributed by atoms with Gasteiger partial charge in [-0.15, -0.1) is 0 Å². The summed E-state index contributed by atoms with van der Waals surface area (Å²) in [5, 5.41) is 10.1. The first-order valence-corrected chi connectivity index (χ1v) is 8.24. The summed E-state index contributed by atoms with van der Waals surface area (Å²) in [6.45, 7) is 2.27. The van der Waals surface area contributed by atoms with Gasteiger partial charge >= 0.3 is 0 Å². The third-order valence-corrected chi connectivity index (χ3v) is 5.01. The molecule has 0 aromatic heterocycles. The number of ether oxygens (including phenoxy) is 2. The van der Waals surface area contributed by atoms with Gasteiger partial charge in [-0.25, -0.2) is 0 Å². The van der Waals surface area contributed by atoms with Crippen LogP contribution in [0.2, 0.25) is 5.02 Å². The van der Waals surface area contributed by atoms with Gasteiger partial charge in [0, 0.05) is 0 Å². The summed E-state index contributed by atoms with van der Waals surface area (Å²) in [6, 6.07) is 5.43. The van der Waals surface area contributed by atoms with E-state index in [0.717, 1.165) is 18.4 Å². The molecule has 1 N–H and O–H groups in total. The zero-order valence-corrected chi connectivity index (χ0v) is 13.2. The molecular formula is C17H23ClO3. The number of rotatable bonds is 4. The fourth-order valence-corrected chi connectivity index (χ4v) is 3.72. The van der Waals surface area contributed by atoms with E-state index in [4.69, 9.17) is 21.1 Å². The molecule has 0 amide bonds. The number of aliphatic hydroxyl groups excluding tert-OH is 1. The van der Waals surface area contributed by atoms with E-state index in [1.165, 1.54) is 25.7 Å². The van der Waals surface area contributed by atoms with E-state index in [1.807, 2.05) is 12.1 Å².